The van der Waals surface area contributed by atoms with Crippen LogP contribution in [0.25, 0.3) is 0 Å². The van der Waals surface area contributed by atoms with Gasteiger partial charge in [-0.2, -0.15) is 0 Å². The topological polar surface area (TPSA) is 31.4 Å². The molecule has 0 saturated carbocycles. The van der Waals surface area contributed by atoms with E-state index >= 15 is 0 Å². The first-order valence-electron chi connectivity index (χ1n) is 5.72. The lowest BCUT2D eigenvalue weighted by Crippen LogP contribution is -2.41. The van der Waals surface area contributed by atoms with Crippen molar-refractivity contribution in [3.8, 4) is 0 Å². The fourth-order valence-corrected chi connectivity index (χ4v) is 1.70. The molecule has 0 aliphatic carbocycles. The van der Waals surface area contributed by atoms with Gasteiger partial charge in [-0.25, -0.2) is 4.39 Å². The van der Waals surface area contributed by atoms with Crippen LogP contribution in [-0.4, -0.2) is 23.3 Å². The van der Waals surface area contributed by atoms with Crippen molar-refractivity contribution in [3.63, 3.8) is 0 Å². The summed E-state index contributed by atoms with van der Waals surface area (Å²) in [6, 6.07) is 3.48. The van der Waals surface area contributed by atoms with Gasteiger partial charge in [0.15, 0.2) is 0 Å². The van der Waals surface area contributed by atoms with E-state index in [4.69, 9.17) is 9.31 Å². The van der Waals surface area contributed by atoms with Crippen LogP contribution in [-0.2, 0) is 16.0 Å². The van der Waals surface area contributed by atoms with E-state index in [1.165, 1.54) is 0 Å². The Morgan fingerprint density at radius 3 is 2.35 bits per heavy atom. The highest BCUT2D eigenvalue weighted by Crippen LogP contribution is 2.36. The van der Waals surface area contributed by atoms with Crippen molar-refractivity contribution in [1.82, 2.24) is 4.98 Å². The molecule has 0 amide bonds. The molecule has 5 heteroatoms. The van der Waals surface area contributed by atoms with E-state index in [0.717, 1.165) is 5.46 Å². The van der Waals surface area contributed by atoms with Gasteiger partial charge in [-0.1, -0.05) is 0 Å². The van der Waals surface area contributed by atoms with Crippen LogP contribution in [0.3, 0.4) is 0 Å². The lowest BCUT2D eigenvalue weighted by atomic mass is 9.79. The molecule has 1 aliphatic heterocycles. The average Bonchev–Trinajstić information content (AvgIpc) is 2.48. The molecule has 1 aromatic heterocycles. The molecule has 3 nitrogen and oxygen atoms in total. The van der Waals surface area contributed by atoms with Crippen LogP contribution in [0.15, 0.2) is 18.3 Å². The maximum atomic E-state index is 12.6. The SMILES string of the molecule is CC1(C)OB(c2ccnc(CF)c2)OC1(C)C. The summed E-state index contributed by atoms with van der Waals surface area (Å²) in [6.45, 7) is 7.39. The van der Waals surface area contributed by atoms with Crippen molar-refractivity contribution in [2.24, 2.45) is 0 Å². The quantitative estimate of drug-likeness (QED) is 0.735. The molecule has 2 heterocycles. The zero-order valence-corrected chi connectivity index (χ0v) is 10.7. The third-order valence-corrected chi connectivity index (χ3v) is 3.50. The van der Waals surface area contributed by atoms with E-state index in [1.54, 1.807) is 18.3 Å². The van der Waals surface area contributed by atoms with E-state index in [9.17, 15) is 4.39 Å². The van der Waals surface area contributed by atoms with Crippen LogP contribution < -0.4 is 5.46 Å². The van der Waals surface area contributed by atoms with Crippen molar-refractivity contribution in [3.05, 3.63) is 24.0 Å². The monoisotopic (exact) mass is 237 g/mol. The molecule has 1 aromatic rings. The molecule has 1 fully saturated rings. The highest BCUT2D eigenvalue weighted by molar-refractivity contribution is 6.62. The summed E-state index contributed by atoms with van der Waals surface area (Å²) in [5.74, 6) is 0. The average molecular weight is 237 g/mol. The van der Waals surface area contributed by atoms with Crippen molar-refractivity contribution in [1.29, 1.82) is 0 Å². The van der Waals surface area contributed by atoms with Crippen molar-refractivity contribution < 1.29 is 13.7 Å². The Balaban J connectivity index is 2.25. The minimum atomic E-state index is -0.576. The normalized spacial score (nSPS) is 21.8. The van der Waals surface area contributed by atoms with Gasteiger partial charge in [0.2, 0.25) is 0 Å². The van der Waals surface area contributed by atoms with Crippen LogP contribution in [0.2, 0.25) is 0 Å². The van der Waals surface area contributed by atoms with Gasteiger partial charge in [0.05, 0.1) is 16.9 Å². The maximum absolute atomic E-state index is 12.6. The largest absolute Gasteiger partial charge is 0.494 e. The lowest BCUT2D eigenvalue weighted by Gasteiger charge is -2.32. The van der Waals surface area contributed by atoms with Gasteiger partial charge in [0, 0.05) is 6.20 Å². The Labute approximate surface area is 101 Å². The van der Waals surface area contributed by atoms with Crippen LogP contribution in [0.4, 0.5) is 4.39 Å². The van der Waals surface area contributed by atoms with Crippen LogP contribution >= 0.6 is 0 Å². The molecule has 0 bridgehead atoms. The molecule has 0 N–H and O–H groups in total. The van der Waals surface area contributed by atoms with Crippen molar-refractivity contribution >= 4 is 12.6 Å². The predicted molar refractivity (Wildman–Crippen MR) is 64.8 cm³/mol. The zero-order valence-electron chi connectivity index (χ0n) is 10.7. The van der Waals surface area contributed by atoms with E-state index in [2.05, 4.69) is 4.98 Å². The summed E-state index contributed by atoms with van der Waals surface area (Å²) in [5, 5.41) is 0. The Morgan fingerprint density at radius 1 is 1.24 bits per heavy atom. The number of pyridine rings is 1. The van der Waals surface area contributed by atoms with Crippen molar-refractivity contribution in [2.45, 2.75) is 45.6 Å². The fourth-order valence-electron chi connectivity index (χ4n) is 1.70. The third kappa shape index (κ3) is 2.22. The first kappa shape index (κ1) is 12.5. The minimum absolute atomic E-state index is 0.378. The minimum Gasteiger partial charge on any atom is -0.399 e. The highest BCUT2D eigenvalue weighted by atomic mass is 19.1. The second kappa shape index (κ2) is 4.07. The Morgan fingerprint density at radius 2 is 1.82 bits per heavy atom. The number of alkyl halides is 1. The van der Waals surface area contributed by atoms with Gasteiger partial charge in [-0.3, -0.25) is 4.98 Å². The molecular formula is C12H17BFNO2. The van der Waals surface area contributed by atoms with Crippen LogP contribution in [0.1, 0.15) is 33.4 Å². The zero-order chi connectivity index (χ0) is 12.7. The second-order valence-corrected chi connectivity index (χ2v) is 5.30. The summed E-state index contributed by atoms with van der Waals surface area (Å²) >= 11 is 0. The summed E-state index contributed by atoms with van der Waals surface area (Å²) in [7, 11) is -0.451. The Hall–Kier alpha value is -0.935. The number of halogens is 1. The standard InChI is InChI=1S/C12H17BFNO2/c1-11(2)12(3,4)17-13(16-11)9-5-6-15-10(7-9)8-14/h5-7H,8H2,1-4H3. The molecule has 0 unspecified atom stereocenters. The van der Waals surface area contributed by atoms with E-state index < -0.39 is 13.8 Å². The van der Waals surface area contributed by atoms with Gasteiger partial charge in [0.25, 0.3) is 0 Å². The van der Waals surface area contributed by atoms with Crippen molar-refractivity contribution in [2.75, 3.05) is 0 Å². The number of nitrogens with zero attached hydrogens (tertiary/aromatic N) is 1. The molecule has 0 radical (unpaired) electrons. The molecule has 0 atom stereocenters. The Kier molecular flexibility index (Phi) is 3.00. The summed E-state index contributed by atoms with van der Waals surface area (Å²) in [4.78, 5) is 3.92. The third-order valence-electron chi connectivity index (χ3n) is 3.50. The molecule has 1 saturated heterocycles. The molecule has 1 aliphatic rings. The number of hydrogen-bond acceptors (Lipinski definition) is 3. The smallest absolute Gasteiger partial charge is 0.399 e. The van der Waals surface area contributed by atoms with E-state index in [0.29, 0.717) is 5.69 Å². The summed E-state index contributed by atoms with van der Waals surface area (Å²) in [5.41, 5.74) is 0.455. The lowest BCUT2D eigenvalue weighted by molar-refractivity contribution is 0.00578. The van der Waals surface area contributed by atoms with E-state index in [-0.39, 0.29) is 11.2 Å². The van der Waals surface area contributed by atoms with Gasteiger partial charge in [-0.05, 0) is 45.3 Å². The van der Waals surface area contributed by atoms with Gasteiger partial charge >= 0.3 is 7.12 Å². The Bertz CT molecular complexity index is 407. The first-order valence-corrected chi connectivity index (χ1v) is 5.72. The first-order chi connectivity index (χ1) is 7.86. The number of rotatable bonds is 2. The van der Waals surface area contributed by atoms with Crippen LogP contribution in [0.5, 0.6) is 0 Å². The summed E-state index contributed by atoms with van der Waals surface area (Å²) < 4.78 is 24.3. The maximum Gasteiger partial charge on any atom is 0.494 e. The van der Waals surface area contributed by atoms with Crippen LogP contribution in [0, 0.1) is 0 Å². The van der Waals surface area contributed by atoms with Gasteiger partial charge in [0.1, 0.15) is 6.67 Å². The molecule has 0 aromatic carbocycles. The molecule has 92 valence electrons. The number of aromatic nitrogens is 1. The van der Waals surface area contributed by atoms with E-state index in [1.807, 2.05) is 27.7 Å². The highest BCUT2D eigenvalue weighted by Gasteiger charge is 2.51. The number of hydrogen-bond donors (Lipinski definition) is 0. The summed E-state index contributed by atoms with van der Waals surface area (Å²) in [6.07, 6.45) is 1.58. The molecule has 17 heavy (non-hydrogen) atoms. The second-order valence-electron chi connectivity index (χ2n) is 5.30. The fraction of sp³-hybridized carbons (Fsp3) is 0.583. The predicted octanol–water partition coefficient (Wildman–Crippen LogP) is 1.85. The van der Waals surface area contributed by atoms with Gasteiger partial charge in [-0.15, -0.1) is 0 Å². The molecular weight excluding hydrogens is 220 g/mol. The van der Waals surface area contributed by atoms with Gasteiger partial charge < -0.3 is 9.31 Å². The molecule has 2 rings (SSSR count). The molecule has 0 spiro atoms.